The Bertz CT molecular complexity index is 2510. The summed E-state index contributed by atoms with van der Waals surface area (Å²) >= 11 is 0. The van der Waals surface area contributed by atoms with Crippen molar-refractivity contribution >= 4 is 54.1 Å². The second kappa shape index (κ2) is 9.65. The SMILES string of the molecule is Cc1nc2ccccc2n1-c1ccccc1-c1c2ccccc2c(-c2cc3ccccc3c3ccccc23)c2ccccc12. The number of aryl methyl sites for hydroxylation is 1. The summed E-state index contributed by atoms with van der Waals surface area (Å²) in [7, 11) is 0. The zero-order chi connectivity index (χ0) is 29.2. The van der Waals surface area contributed by atoms with Crippen LogP contribution in [0.4, 0.5) is 0 Å². The molecule has 8 aromatic carbocycles. The molecule has 0 saturated carbocycles. The Morgan fingerprint density at radius 2 is 0.932 bits per heavy atom. The van der Waals surface area contributed by atoms with Gasteiger partial charge in [0.05, 0.1) is 16.7 Å². The van der Waals surface area contributed by atoms with Crippen molar-refractivity contribution in [1.29, 1.82) is 0 Å². The van der Waals surface area contributed by atoms with Gasteiger partial charge in [0.1, 0.15) is 5.82 Å². The van der Waals surface area contributed by atoms with Gasteiger partial charge in [0.15, 0.2) is 0 Å². The Labute approximate surface area is 255 Å². The largest absolute Gasteiger partial charge is 0.296 e. The van der Waals surface area contributed by atoms with E-state index in [1.807, 2.05) is 0 Å². The van der Waals surface area contributed by atoms with E-state index >= 15 is 0 Å². The molecule has 0 unspecified atom stereocenters. The van der Waals surface area contributed by atoms with Crippen molar-refractivity contribution in [2.75, 3.05) is 0 Å². The van der Waals surface area contributed by atoms with Gasteiger partial charge in [0.2, 0.25) is 0 Å². The molecule has 0 saturated heterocycles. The average molecular weight is 561 g/mol. The monoisotopic (exact) mass is 560 g/mol. The summed E-state index contributed by atoms with van der Waals surface area (Å²) in [5.74, 6) is 0.978. The standard InChI is InChI=1S/C42H28N2/c1-27-43-38-23-11-13-25-40(38)44(27)39-24-12-10-22-36(39)41-32-18-6-8-20-34(32)42(35-21-9-7-19-33(35)41)37-26-28-14-2-3-15-29(28)30-16-4-5-17-31(30)37/h2-26H,1H3. The summed E-state index contributed by atoms with van der Waals surface area (Å²) in [6, 6.07) is 55.0. The number of imidazole rings is 1. The van der Waals surface area contributed by atoms with Gasteiger partial charge in [-0.15, -0.1) is 0 Å². The minimum absolute atomic E-state index is 0.978. The number of para-hydroxylation sites is 3. The second-order valence-corrected chi connectivity index (χ2v) is 11.5. The average Bonchev–Trinajstić information content (AvgIpc) is 3.42. The molecule has 1 heterocycles. The molecule has 2 heteroatoms. The van der Waals surface area contributed by atoms with Gasteiger partial charge < -0.3 is 0 Å². The van der Waals surface area contributed by atoms with Crippen molar-refractivity contribution in [1.82, 2.24) is 9.55 Å². The van der Waals surface area contributed by atoms with E-state index in [4.69, 9.17) is 4.98 Å². The van der Waals surface area contributed by atoms with Gasteiger partial charge in [0, 0.05) is 5.56 Å². The van der Waals surface area contributed by atoms with Crippen molar-refractivity contribution in [2.45, 2.75) is 6.92 Å². The van der Waals surface area contributed by atoms with Crippen LogP contribution in [0, 0.1) is 6.92 Å². The van der Waals surface area contributed by atoms with Crippen molar-refractivity contribution < 1.29 is 0 Å². The number of benzene rings is 8. The fourth-order valence-corrected chi connectivity index (χ4v) is 7.30. The lowest BCUT2D eigenvalue weighted by Gasteiger charge is -2.21. The zero-order valence-corrected chi connectivity index (χ0v) is 24.3. The smallest absolute Gasteiger partial charge is 0.111 e. The molecule has 0 spiro atoms. The van der Waals surface area contributed by atoms with Crippen LogP contribution in [0.3, 0.4) is 0 Å². The quantitative estimate of drug-likeness (QED) is 0.155. The number of fused-ring (bicyclic) bond motifs is 6. The first-order valence-corrected chi connectivity index (χ1v) is 15.2. The molecular formula is C42H28N2. The van der Waals surface area contributed by atoms with E-state index in [0.717, 1.165) is 22.5 Å². The van der Waals surface area contributed by atoms with E-state index in [2.05, 4.69) is 163 Å². The number of aromatic nitrogens is 2. The fourth-order valence-electron chi connectivity index (χ4n) is 7.30. The Morgan fingerprint density at radius 1 is 0.432 bits per heavy atom. The van der Waals surface area contributed by atoms with E-state index in [-0.39, 0.29) is 0 Å². The van der Waals surface area contributed by atoms with E-state index in [9.17, 15) is 0 Å². The number of rotatable bonds is 3. The third-order valence-corrected chi connectivity index (χ3v) is 9.11. The molecule has 44 heavy (non-hydrogen) atoms. The summed E-state index contributed by atoms with van der Waals surface area (Å²) in [5.41, 5.74) is 8.25. The number of hydrogen-bond donors (Lipinski definition) is 0. The maximum absolute atomic E-state index is 4.92. The van der Waals surface area contributed by atoms with Gasteiger partial charge in [-0.1, -0.05) is 127 Å². The lowest BCUT2D eigenvalue weighted by molar-refractivity contribution is 1.00. The van der Waals surface area contributed by atoms with E-state index in [1.165, 1.54) is 65.3 Å². The number of nitrogens with zero attached hydrogens (tertiary/aromatic N) is 2. The predicted molar refractivity (Wildman–Crippen MR) is 187 cm³/mol. The first-order chi connectivity index (χ1) is 21.8. The summed E-state index contributed by atoms with van der Waals surface area (Å²) < 4.78 is 2.30. The molecule has 1 aromatic heterocycles. The predicted octanol–water partition coefficient (Wildman–Crippen LogP) is 11.3. The molecule has 0 aliphatic rings. The third kappa shape index (κ3) is 3.58. The van der Waals surface area contributed by atoms with Crippen molar-refractivity contribution in [2.24, 2.45) is 0 Å². The van der Waals surface area contributed by atoms with E-state index in [1.54, 1.807) is 0 Å². The molecule has 0 fully saturated rings. The molecule has 0 radical (unpaired) electrons. The molecule has 0 bridgehead atoms. The van der Waals surface area contributed by atoms with Gasteiger partial charge in [0.25, 0.3) is 0 Å². The lowest BCUT2D eigenvalue weighted by atomic mass is 9.83. The molecule has 0 N–H and O–H groups in total. The Hall–Kier alpha value is -5.73. The van der Waals surface area contributed by atoms with Crippen LogP contribution in [0.15, 0.2) is 152 Å². The highest BCUT2D eigenvalue weighted by Crippen LogP contribution is 2.47. The number of hydrogen-bond acceptors (Lipinski definition) is 1. The maximum Gasteiger partial charge on any atom is 0.111 e. The van der Waals surface area contributed by atoms with Crippen LogP contribution in [-0.4, -0.2) is 9.55 Å². The first kappa shape index (κ1) is 24.8. The van der Waals surface area contributed by atoms with Crippen molar-refractivity contribution in [3.8, 4) is 27.9 Å². The topological polar surface area (TPSA) is 17.8 Å². The summed E-state index contributed by atoms with van der Waals surface area (Å²) in [6.45, 7) is 2.10. The van der Waals surface area contributed by atoms with E-state index in [0.29, 0.717) is 0 Å². The third-order valence-electron chi connectivity index (χ3n) is 9.11. The van der Waals surface area contributed by atoms with Crippen molar-refractivity contribution in [3.05, 3.63) is 157 Å². The summed E-state index contributed by atoms with van der Waals surface area (Å²) in [6.07, 6.45) is 0. The minimum Gasteiger partial charge on any atom is -0.296 e. The summed E-state index contributed by atoms with van der Waals surface area (Å²) in [4.78, 5) is 4.92. The Morgan fingerprint density at radius 3 is 1.64 bits per heavy atom. The van der Waals surface area contributed by atoms with Crippen LogP contribution in [0.2, 0.25) is 0 Å². The van der Waals surface area contributed by atoms with Crippen LogP contribution in [0.5, 0.6) is 0 Å². The second-order valence-electron chi connectivity index (χ2n) is 11.5. The van der Waals surface area contributed by atoms with Crippen LogP contribution in [0.25, 0.3) is 82.1 Å². The van der Waals surface area contributed by atoms with Gasteiger partial charge in [-0.3, -0.25) is 4.57 Å². The molecule has 0 amide bonds. The highest BCUT2D eigenvalue weighted by atomic mass is 15.1. The van der Waals surface area contributed by atoms with Gasteiger partial charge in [-0.05, 0) is 91.0 Å². The fraction of sp³-hybridized carbons (Fsp3) is 0.0238. The van der Waals surface area contributed by atoms with E-state index < -0.39 is 0 Å². The maximum atomic E-state index is 4.92. The molecule has 9 aromatic rings. The molecule has 9 rings (SSSR count). The molecule has 2 nitrogen and oxygen atoms in total. The highest BCUT2D eigenvalue weighted by Gasteiger charge is 2.21. The van der Waals surface area contributed by atoms with Crippen LogP contribution < -0.4 is 0 Å². The van der Waals surface area contributed by atoms with Gasteiger partial charge in [-0.2, -0.15) is 0 Å². The molecule has 0 aliphatic carbocycles. The highest BCUT2D eigenvalue weighted by molar-refractivity contribution is 6.26. The van der Waals surface area contributed by atoms with Crippen LogP contribution >= 0.6 is 0 Å². The van der Waals surface area contributed by atoms with Gasteiger partial charge >= 0.3 is 0 Å². The lowest BCUT2D eigenvalue weighted by Crippen LogP contribution is -2.00. The minimum atomic E-state index is 0.978. The zero-order valence-electron chi connectivity index (χ0n) is 24.3. The van der Waals surface area contributed by atoms with Crippen molar-refractivity contribution in [3.63, 3.8) is 0 Å². The molecule has 0 atom stereocenters. The Balaban J connectivity index is 1.44. The Kier molecular flexibility index (Phi) is 5.45. The molecule has 0 aliphatic heterocycles. The molecule has 206 valence electrons. The first-order valence-electron chi connectivity index (χ1n) is 15.2. The van der Waals surface area contributed by atoms with Gasteiger partial charge in [-0.25, -0.2) is 4.98 Å². The normalized spacial score (nSPS) is 11.8. The summed E-state index contributed by atoms with van der Waals surface area (Å²) in [5, 5.41) is 10.1. The van der Waals surface area contributed by atoms with Crippen LogP contribution in [0.1, 0.15) is 5.82 Å². The van der Waals surface area contributed by atoms with Crippen LogP contribution in [-0.2, 0) is 0 Å². The molecular weight excluding hydrogens is 532 g/mol.